The van der Waals surface area contributed by atoms with Gasteiger partial charge >= 0.3 is 5.97 Å². The number of aryl methyl sites for hydroxylation is 1. The van der Waals surface area contributed by atoms with Gasteiger partial charge < -0.3 is 10.8 Å². The summed E-state index contributed by atoms with van der Waals surface area (Å²) in [5.41, 5.74) is 8.27. The summed E-state index contributed by atoms with van der Waals surface area (Å²) in [5, 5.41) is 8.51. The Balaban J connectivity index is 2.50. The van der Waals surface area contributed by atoms with E-state index in [0.29, 0.717) is 6.42 Å². The molecule has 3 heteroatoms. The van der Waals surface area contributed by atoms with Crippen LogP contribution in [-0.2, 0) is 4.79 Å². The highest BCUT2D eigenvalue weighted by Gasteiger charge is 2.08. The SMILES string of the molecule is Cc1ccccc1C(N)CCCC(=O)O. The van der Waals surface area contributed by atoms with Crippen LogP contribution in [0.2, 0.25) is 0 Å². The molecule has 0 aliphatic carbocycles. The minimum atomic E-state index is -0.757. The van der Waals surface area contributed by atoms with Crippen LogP contribution in [0, 0.1) is 6.92 Å². The Bertz CT molecular complexity index is 336. The second-order valence-electron chi connectivity index (χ2n) is 3.75. The van der Waals surface area contributed by atoms with Crippen molar-refractivity contribution in [2.75, 3.05) is 0 Å². The topological polar surface area (TPSA) is 63.3 Å². The van der Waals surface area contributed by atoms with E-state index in [0.717, 1.165) is 12.0 Å². The summed E-state index contributed by atoms with van der Waals surface area (Å²) in [7, 11) is 0. The van der Waals surface area contributed by atoms with Gasteiger partial charge in [0, 0.05) is 12.5 Å². The summed E-state index contributed by atoms with van der Waals surface area (Å²) >= 11 is 0. The van der Waals surface area contributed by atoms with E-state index in [1.54, 1.807) is 0 Å². The summed E-state index contributed by atoms with van der Waals surface area (Å²) in [5.74, 6) is -0.757. The molecule has 0 aliphatic rings. The van der Waals surface area contributed by atoms with Gasteiger partial charge in [0.2, 0.25) is 0 Å². The molecule has 1 unspecified atom stereocenters. The fourth-order valence-electron chi connectivity index (χ4n) is 1.63. The summed E-state index contributed by atoms with van der Waals surface area (Å²) in [6.45, 7) is 2.02. The molecule has 1 rings (SSSR count). The van der Waals surface area contributed by atoms with E-state index >= 15 is 0 Å². The number of carbonyl (C=O) groups is 1. The van der Waals surface area contributed by atoms with E-state index in [2.05, 4.69) is 0 Å². The van der Waals surface area contributed by atoms with Crippen molar-refractivity contribution in [1.82, 2.24) is 0 Å². The molecule has 0 heterocycles. The lowest BCUT2D eigenvalue weighted by atomic mass is 9.98. The number of benzene rings is 1. The van der Waals surface area contributed by atoms with Crippen LogP contribution >= 0.6 is 0 Å². The predicted molar refractivity (Wildman–Crippen MR) is 59.6 cm³/mol. The molecule has 15 heavy (non-hydrogen) atoms. The van der Waals surface area contributed by atoms with Gasteiger partial charge in [-0.25, -0.2) is 0 Å². The van der Waals surface area contributed by atoms with Crippen LogP contribution in [0.4, 0.5) is 0 Å². The number of aliphatic carboxylic acids is 1. The standard InChI is InChI=1S/C12H17NO2/c1-9-5-2-3-6-10(9)11(13)7-4-8-12(14)15/h2-3,5-6,11H,4,7-8,13H2,1H3,(H,14,15). The third kappa shape index (κ3) is 3.72. The van der Waals surface area contributed by atoms with Gasteiger partial charge in [0.05, 0.1) is 0 Å². The highest BCUT2D eigenvalue weighted by molar-refractivity contribution is 5.66. The number of rotatable bonds is 5. The van der Waals surface area contributed by atoms with E-state index in [1.807, 2.05) is 31.2 Å². The molecular weight excluding hydrogens is 190 g/mol. The van der Waals surface area contributed by atoms with Gasteiger partial charge in [-0.3, -0.25) is 4.79 Å². The molecule has 0 fully saturated rings. The average Bonchev–Trinajstić information content (AvgIpc) is 2.17. The van der Waals surface area contributed by atoms with Gasteiger partial charge in [0.25, 0.3) is 0 Å². The molecule has 0 aromatic heterocycles. The zero-order chi connectivity index (χ0) is 11.3. The molecule has 0 spiro atoms. The monoisotopic (exact) mass is 207 g/mol. The van der Waals surface area contributed by atoms with Gasteiger partial charge in [-0.05, 0) is 30.9 Å². The van der Waals surface area contributed by atoms with Crippen molar-refractivity contribution >= 4 is 5.97 Å². The van der Waals surface area contributed by atoms with Crippen LogP contribution in [0.25, 0.3) is 0 Å². The number of nitrogens with two attached hydrogens (primary N) is 1. The lowest BCUT2D eigenvalue weighted by Crippen LogP contribution is -2.12. The maximum absolute atomic E-state index is 10.3. The predicted octanol–water partition coefficient (Wildman–Crippen LogP) is 2.25. The first kappa shape index (κ1) is 11.7. The lowest BCUT2D eigenvalue weighted by Gasteiger charge is -2.13. The molecule has 82 valence electrons. The first-order chi connectivity index (χ1) is 7.11. The molecule has 3 N–H and O–H groups in total. The molecule has 0 saturated heterocycles. The fraction of sp³-hybridized carbons (Fsp3) is 0.417. The number of carboxylic acid groups (broad SMARTS) is 1. The van der Waals surface area contributed by atoms with E-state index < -0.39 is 5.97 Å². The Labute approximate surface area is 89.9 Å². The minimum Gasteiger partial charge on any atom is -0.481 e. The second kappa shape index (κ2) is 5.51. The maximum atomic E-state index is 10.3. The van der Waals surface area contributed by atoms with Crippen molar-refractivity contribution in [3.8, 4) is 0 Å². The number of hydrogen-bond acceptors (Lipinski definition) is 2. The van der Waals surface area contributed by atoms with Crippen LogP contribution in [0.5, 0.6) is 0 Å². The summed E-state index contributed by atoms with van der Waals surface area (Å²) in [4.78, 5) is 10.3. The van der Waals surface area contributed by atoms with Gasteiger partial charge in [0.1, 0.15) is 0 Å². The Morgan fingerprint density at radius 2 is 2.13 bits per heavy atom. The molecule has 1 aromatic carbocycles. The Morgan fingerprint density at radius 3 is 2.73 bits per heavy atom. The van der Waals surface area contributed by atoms with E-state index in [9.17, 15) is 4.79 Å². The van der Waals surface area contributed by atoms with Crippen molar-refractivity contribution < 1.29 is 9.90 Å². The minimum absolute atomic E-state index is 0.0504. The summed E-state index contributed by atoms with van der Waals surface area (Å²) < 4.78 is 0. The molecule has 0 saturated carbocycles. The van der Waals surface area contributed by atoms with Gasteiger partial charge in [-0.1, -0.05) is 24.3 Å². The molecule has 0 radical (unpaired) electrons. The van der Waals surface area contributed by atoms with Crippen LogP contribution < -0.4 is 5.73 Å². The third-order valence-electron chi connectivity index (χ3n) is 2.49. The van der Waals surface area contributed by atoms with Crippen LogP contribution in [0.3, 0.4) is 0 Å². The largest absolute Gasteiger partial charge is 0.481 e. The third-order valence-corrected chi connectivity index (χ3v) is 2.49. The summed E-state index contributed by atoms with van der Waals surface area (Å²) in [6, 6.07) is 7.90. The molecule has 0 amide bonds. The zero-order valence-corrected chi connectivity index (χ0v) is 8.94. The van der Waals surface area contributed by atoms with Gasteiger partial charge in [-0.2, -0.15) is 0 Å². The number of hydrogen-bond donors (Lipinski definition) is 2. The van der Waals surface area contributed by atoms with E-state index in [-0.39, 0.29) is 12.5 Å². The Hall–Kier alpha value is -1.35. The highest BCUT2D eigenvalue weighted by Crippen LogP contribution is 2.19. The number of carboxylic acids is 1. The second-order valence-corrected chi connectivity index (χ2v) is 3.75. The van der Waals surface area contributed by atoms with E-state index in [4.69, 9.17) is 10.8 Å². The van der Waals surface area contributed by atoms with Crippen molar-refractivity contribution in [2.24, 2.45) is 5.73 Å². The molecule has 0 aliphatic heterocycles. The average molecular weight is 207 g/mol. The van der Waals surface area contributed by atoms with Crippen molar-refractivity contribution in [3.05, 3.63) is 35.4 Å². The fourth-order valence-corrected chi connectivity index (χ4v) is 1.63. The lowest BCUT2D eigenvalue weighted by molar-refractivity contribution is -0.137. The normalized spacial score (nSPS) is 12.4. The van der Waals surface area contributed by atoms with Gasteiger partial charge in [-0.15, -0.1) is 0 Å². The molecule has 1 atom stereocenters. The molecule has 0 bridgehead atoms. The molecular formula is C12H17NO2. The van der Waals surface area contributed by atoms with Crippen LogP contribution in [0.1, 0.15) is 36.4 Å². The first-order valence-corrected chi connectivity index (χ1v) is 5.14. The van der Waals surface area contributed by atoms with Crippen molar-refractivity contribution in [2.45, 2.75) is 32.2 Å². The molecule has 3 nitrogen and oxygen atoms in total. The zero-order valence-electron chi connectivity index (χ0n) is 8.94. The first-order valence-electron chi connectivity index (χ1n) is 5.14. The Morgan fingerprint density at radius 1 is 1.47 bits per heavy atom. The molecule has 1 aromatic rings. The van der Waals surface area contributed by atoms with Crippen LogP contribution in [0.15, 0.2) is 24.3 Å². The van der Waals surface area contributed by atoms with Crippen LogP contribution in [-0.4, -0.2) is 11.1 Å². The smallest absolute Gasteiger partial charge is 0.303 e. The van der Waals surface area contributed by atoms with Gasteiger partial charge in [0.15, 0.2) is 0 Å². The summed E-state index contributed by atoms with van der Waals surface area (Å²) in [6.07, 6.45) is 1.54. The van der Waals surface area contributed by atoms with E-state index in [1.165, 1.54) is 5.56 Å². The highest BCUT2D eigenvalue weighted by atomic mass is 16.4. The van der Waals surface area contributed by atoms with Crippen molar-refractivity contribution in [3.63, 3.8) is 0 Å². The maximum Gasteiger partial charge on any atom is 0.303 e. The quantitative estimate of drug-likeness (QED) is 0.778. The Kier molecular flexibility index (Phi) is 4.31. The van der Waals surface area contributed by atoms with Crippen molar-refractivity contribution in [1.29, 1.82) is 0 Å².